The minimum absolute atomic E-state index is 0.293. The lowest BCUT2D eigenvalue weighted by Gasteiger charge is -2.34. The fraction of sp³-hybridized carbons (Fsp3) is 0.486. The molecule has 2 saturated heterocycles. The second kappa shape index (κ2) is 11.4. The van der Waals surface area contributed by atoms with Crippen LogP contribution in [0.3, 0.4) is 0 Å². The largest absolute Gasteiger partial charge is 0.411 e. The number of benzene rings is 2. The first kappa shape index (κ1) is 31.9. The summed E-state index contributed by atoms with van der Waals surface area (Å²) >= 11 is 0. The number of halogens is 4. The Balaban J connectivity index is 1.03. The number of carbonyl (C=O) groups excluding carboxylic acids is 3. The first-order valence-corrected chi connectivity index (χ1v) is 16.7. The standard InChI is InChI=1S/C35H36F4N6O4/c36-26-4-1-23(2-5-26)19-45(33(9-10-33)35(37,38)39)29(46)21-44-30(47)34(41-31(44)48)22-32(7-8-32)28-17-24(3-6-27(28)34)25-18-40-43(20-25)12-11-42-13-15-49-16-14-42/h1-6,17-18,20H,7-16,19,21-22H2,(H,41,48)/t34-/m0/s1. The average Bonchev–Trinajstić information content (AvgIpc) is 3.97. The van der Waals surface area contributed by atoms with Gasteiger partial charge in [0, 0.05) is 37.9 Å². The summed E-state index contributed by atoms with van der Waals surface area (Å²) in [4.78, 5) is 45.1. The molecular weight excluding hydrogens is 644 g/mol. The fourth-order valence-electron chi connectivity index (χ4n) is 7.90. The summed E-state index contributed by atoms with van der Waals surface area (Å²) in [6.45, 7) is 3.57. The summed E-state index contributed by atoms with van der Waals surface area (Å²) < 4.78 is 63.7. The number of fused-ring (bicyclic) bond motifs is 3. The van der Waals surface area contributed by atoms with Crippen molar-refractivity contribution in [2.75, 3.05) is 39.4 Å². The molecule has 2 spiro atoms. The second-order valence-electron chi connectivity index (χ2n) is 14.0. The van der Waals surface area contributed by atoms with Crippen LogP contribution < -0.4 is 5.32 Å². The molecular formula is C35H36F4N6O4. The molecule has 258 valence electrons. The molecule has 3 aromatic rings. The van der Waals surface area contributed by atoms with E-state index < -0.39 is 54.0 Å². The summed E-state index contributed by atoms with van der Waals surface area (Å²) in [7, 11) is 0. The second-order valence-corrected chi connectivity index (χ2v) is 14.0. The van der Waals surface area contributed by atoms with Gasteiger partial charge in [-0.2, -0.15) is 18.3 Å². The quantitative estimate of drug-likeness (QED) is 0.267. The van der Waals surface area contributed by atoms with Crippen LogP contribution in [0, 0.1) is 5.82 Å². The van der Waals surface area contributed by atoms with E-state index in [1.807, 2.05) is 29.2 Å². The highest BCUT2D eigenvalue weighted by atomic mass is 19.4. The molecule has 2 aromatic carbocycles. The van der Waals surface area contributed by atoms with E-state index in [0.29, 0.717) is 22.4 Å². The Hall–Kier alpha value is -4.30. The van der Waals surface area contributed by atoms with Crippen LogP contribution in [0.15, 0.2) is 54.9 Å². The van der Waals surface area contributed by atoms with Crippen molar-refractivity contribution < 1.29 is 36.7 Å². The summed E-state index contributed by atoms with van der Waals surface area (Å²) in [6.07, 6.45) is 0.466. The molecule has 1 atom stereocenters. The Morgan fingerprint density at radius 3 is 2.37 bits per heavy atom. The highest BCUT2D eigenvalue weighted by molar-refractivity contribution is 6.10. The molecule has 3 heterocycles. The summed E-state index contributed by atoms with van der Waals surface area (Å²) in [5, 5.41) is 7.40. The lowest BCUT2D eigenvalue weighted by Crippen LogP contribution is -2.54. The maximum atomic E-state index is 14.3. The van der Waals surface area contributed by atoms with Gasteiger partial charge in [0.05, 0.1) is 26.0 Å². The average molecular weight is 681 g/mol. The van der Waals surface area contributed by atoms with Crippen LogP contribution in [0.4, 0.5) is 22.4 Å². The predicted octanol–water partition coefficient (Wildman–Crippen LogP) is 4.33. The maximum absolute atomic E-state index is 14.3. The minimum atomic E-state index is -4.72. The van der Waals surface area contributed by atoms with Crippen LogP contribution >= 0.6 is 0 Å². The van der Waals surface area contributed by atoms with Gasteiger partial charge in [0.2, 0.25) is 5.91 Å². The van der Waals surface area contributed by atoms with Gasteiger partial charge in [0.15, 0.2) is 0 Å². The highest BCUT2D eigenvalue weighted by Crippen LogP contribution is 2.63. The Bertz CT molecular complexity index is 1810. The van der Waals surface area contributed by atoms with Gasteiger partial charge in [0.25, 0.3) is 5.91 Å². The molecule has 0 unspecified atom stereocenters. The Morgan fingerprint density at radius 2 is 1.69 bits per heavy atom. The zero-order valence-electron chi connectivity index (χ0n) is 26.8. The van der Waals surface area contributed by atoms with E-state index in [9.17, 15) is 31.9 Å². The van der Waals surface area contributed by atoms with Crippen LogP contribution in [0.5, 0.6) is 0 Å². The van der Waals surface area contributed by atoms with Crippen molar-refractivity contribution >= 4 is 17.8 Å². The van der Waals surface area contributed by atoms with Gasteiger partial charge < -0.3 is 15.0 Å². The van der Waals surface area contributed by atoms with Crippen molar-refractivity contribution in [1.82, 2.24) is 29.8 Å². The molecule has 4 amide bonds. The molecule has 49 heavy (non-hydrogen) atoms. The number of ether oxygens (including phenoxy) is 1. The molecule has 1 aromatic heterocycles. The smallest absolute Gasteiger partial charge is 0.379 e. The van der Waals surface area contributed by atoms with E-state index in [4.69, 9.17) is 4.74 Å². The third-order valence-corrected chi connectivity index (χ3v) is 11.0. The molecule has 2 saturated carbocycles. The van der Waals surface area contributed by atoms with Crippen LogP contribution in [0.1, 0.15) is 48.8 Å². The van der Waals surface area contributed by atoms with E-state index in [0.717, 1.165) is 86.0 Å². The predicted molar refractivity (Wildman–Crippen MR) is 167 cm³/mol. The highest BCUT2D eigenvalue weighted by Gasteiger charge is 2.69. The lowest BCUT2D eigenvalue weighted by atomic mass is 9.90. The van der Waals surface area contributed by atoms with Gasteiger partial charge in [-0.15, -0.1) is 0 Å². The van der Waals surface area contributed by atoms with Gasteiger partial charge in [-0.05, 0) is 71.9 Å². The number of morpholine rings is 1. The number of hydrogen-bond acceptors (Lipinski definition) is 6. The van der Waals surface area contributed by atoms with Gasteiger partial charge in [-0.1, -0.05) is 30.3 Å². The summed E-state index contributed by atoms with van der Waals surface area (Å²) in [5.74, 6) is -2.20. The van der Waals surface area contributed by atoms with E-state index in [2.05, 4.69) is 21.4 Å². The number of nitrogens with one attached hydrogen (secondary N) is 1. The molecule has 14 heteroatoms. The molecule has 5 aliphatic rings. The first-order valence-electron chi connectivity index (χ1n) is 16.7. The van der Waals surface area contributed by atoms with Crippen LogP contribution in [-0.4, -0.2) is 93.4 Å². The summed E-state index contributed by atoms with van der Waals surface area (Å²) in [6, 6.07) is 9.84. The first-order chi connectivity index (χ1) is 23.4. The maximum Gasteiger partial charge on any atom is 0.411 e. The summed E-state index contributed by atoms with van der Waals surface area (Å²) in [5.41, 5.74) is -0.356. The number of carbonyl (C=O) groups is 3. The SMILES string of the molecule is O=C1N[C@]2(CC3(CC3)c3cc(-c4cnn(CCN5CCOCC5)c4)ccc32)C(=O)N1CC(=O)N(Cc1ccc(F)cc1)C1(C(F)(F)F)CC1. The van der Waals surface area contributed by atoms with Crippen molar-refractivity contribution in [3.8, 4) is 11.1 Å². The van der Waals surface area contributed by atoms with Crippen molar-refractivity contribution in [2.24, 2.45) is 0 Å². The van der Waals surface area contributed by atoms with Gasteiger partial charge >= 0.3 is 12.2 Å². The monoisotopic (exact) mass is 680 g/mol. The van der Waals surface area contributed by atoms with Gasteiger partial charge in [-0.25, -0.2) is 9.18 Å². The zero-order chi connectivity index (χ0) is 34.2. The van der Waals surface area contributed by atoms with Crippen LogP contribution in [0.25, 0.3) is 11.1 Å². The van der Waals surface area contributed by atoms with E-state index in [1.54, 1.807) is 0 Å². The third-order valence-electron chi connectivity index (χ3n) is 11.0. The molecule has 1 N–H and O–H groups in total. The van der Waals surface area contributed by atoms with Crippen molar-refractivity contribution in [3.05, 3.63) is 77.4 Å². The third kappa shape index (κ3) is 5.39. The lowest BCUT2D eigenvalue weighted by molar-refractivity contribution is -0.202. The Kier molecular flexibility index (Phi) is 7.41. The van der Waals surface area contributed by atoms with Crippen molar-refractivity contribution in [3.63, 3.8) is 0 Å². The number of aromatic nitrogens is 2. The number of alkyl halides is 3. The molecule has 3 aliphatic carbocycles. The fourth-order valence-corrected chi connectivity index (χ4v) is 7.90. The molecule has 10 nitrogen and oxygen atoms in total. The normalized spacial score (nSPS) is 23.6. The van der Waals surface area contributed by atoms with Crippen LogP contribution in [-0.2, 0) is 38.4 Å². The number of hydrogen-bond donors (Lipinski definition) is 1. The molecule has 8 rings (SSSR count). The molecule has 2 aliphatic heterocycles. The number of rotatable bonds is 9. The number of urea groups is 1. The van der Waals surface area contributed by atoms with E-state index >= 15 is 0 Å². The van der Waals surface area contributed by atoms with E-state index in [-0.39, 0.29) is 18.3 Å². The number of amides is 4. The van der Waals surface area contributed by atoms with Crippen LogP contribution in [0.2, 0.25) is 0 Å². The number of imide groups is 1. The van der Waals surface area contributed by atoms with Gasteiger partial charge in [0.1, 0.15) is 23.4 Å². The Labute approximate surface area is 280 Å². The van der Waals surface area contributed by atoms with Gasteiger partial charge in [-0.3, -0.25) is 24.1 Å². The Morgan fingerprint density at radius 1 is 0.959 bits per heavy atom. The molecule has 4 fully saturated rings. The molecule has 0 bridgehead atoms. The molecule has 0 radical (unpaired) electrons. The zero-order valence-corrected chi connectivity index (χ0v) is 26.8. The topological polar surface area (TPSA) is 100 Å². The van der Waals surface area contributed by atoms with E-state index in [1.165, 1.54) is 12.1 Å². The van der Waals surface area contributed by atoms with Crippen molar-refractivity contribution in [2.45, 2.75) is 67.9 Å². The minimum Gasteiger partial charge on any atom is -0.379 e. The van der Waals surface area contributed by atoms with Crippen molar-refractivity contribution in [1.29, 1.82) is 0 Å². The number of nitrogens with zero attached hydrogens (tertiary/aromatic N) is 5.